The quantitative estimate of drug-likeness (QED) is 0.912. The fourth-order valence-electron chi connectivity index (χ4n) is 3.41. The van der Waals surface area contributed by atoms with Crippen LogP contribution in [-0.2, 0) is 16.6 Å². The van der Waals surface area contributed by atoms with Crippen LogP contribution < -0.4 is 5.73 Å². The fraction of sp³-hybridized carbons (Fsp3) is 0.444. The van der Waals surface area contributed by atoms with E-state index in [1.54, 1.807) is 0 Å². The molecular weight excluding hydrogens is 278 g/mol. The lowest BCUT2D eigenvalue weighted by molar-refractivity contribution is 0.0389. The van der Waals surface area contributed by atoms with E-state index in [1.165, 1.54) is 10.4 Å². The zero-order valence-electron chi connectivity index (χ0n) is 12.3. The summed E-state index contributed by atoms with van der Waals surface area (Å²) in [6.45, 7) is 1.64. The molecule has 2 N–H and O–H groups in total. The van der Waals surface area contributed by atoms with Crippen LogP contribution in [0.1, 0.15) is 29.7 Å². The van der Waals surface area contributed by atoms with Crippen molar-refractivity contribution in [1.29, 1.82) is 0 Å². The first-order valence-electron chi connectivity index (χ1n) is 7.72. The molecule has 0 spiro atoms. The standard InChI is InChI=1S/C18H23NOS/c19-17(9-8-16-7-4-14-21-16)18(10-12-20-13-11-18)15-5-2-1-3-6-15/h1-7,14,17H,8-13,19H2. The van der Waals surface area contributed by atoms with Crippen molar-refractivity contribution in [2.75, 3.05) is 13.2 Å². The summed E-state index contributed by atoms with van der Waals surface area (Å²) in [6.07, 6.45) is 4.18. The summed E-state index contributed by atoms with van der Waals surface area (Å²) in [5.74, 6) is 0. The number of thiophene rings is 1. The van der Waals surface area contributed by atoms with Crippen LogP contribution >= 0.6 is 11.3 Å². The lowest BCUT2D eigenvalue weighted by atomic mass is 9.68. The predicted molar refractivity (Wildman–Crippen MR) is 88.8 cm³/mol. The first kappa shape index (κ1) is 14.8. The molecular formula is C18H23NOS. The largest absolute Gasteiger partial charge is 0.381 e. The van der Waals surface area contributed by atoms with Gasteiger partial charge in [-0.05, 0) is 42.7 Å². The van der Waals surface area contributed by atoms with E-state index in [1.807, 2.05) is 11.3 Å². The highest BCUT2D eigenvalue weighted by molar-refractivity contribution is 7.09. The molecule has 1 aliphatic heterocycles. The highest BCUT2D eigenvalue weighted by Crippen LogP contribution is 2.38. The minimum atomic E-state index is 0.0801. The average Bonchev–Trinajstić information content (AvgIpc) is 3.07. The smallest absolute Gasteiger partial charge is 0.0475 e. The van der Waals surface area contributed by atoms with Crippen LogP contribution in [0.3, 0.4) is 0 Å². The van der Waals surface area contributed by atoms with Gasteiger partial charge in [-0.3, -0.25) is 0 Å². The highest BCUT2D eigenvalue weighted by Gasteiger charge is 2.39. The Hall–Kier alpha value is -1.16. The Morgan fingerprint density at radius 1 is 1.10 bits per heavy atom. The Kier molecular flexibility index (Phi) is 4.73. The molecule has 112 valence electrons. The molecule has 0 saturated carbocycles. The van der Waals surface area contributed by atoms with E-state index in [4.69, 9.17) is 10.5 Å². The summed E-state index contributed by atoms with van der Waals surface area (Å²) in [4.78, 5) is 1.43. The number of aryl methyl sites for hydroxylation is 1. The molecule has 0 radical (unpaired) electrons. The van der Waals surface area contributed by atoms with Crippen LogP contribution in [0.2, 0.25) is 0 Å². The molecule has 3 heteroatoms. The summed E-state index contributed by atoms with van der Waals surface area (Å²) in [5.41, 5.74) is 8.14. The van der Waals surface area contributed by atoms with Crippen molar-refractivity contribution in [2.24, 2.45) is 5.73 Å². The van der Waals surface area contributed by atoms with Crippen molar-refractivity contribution in [3.8, 4) is 0 Å². The van der Waals surface area contributed by atoms with E-state index in [2.05, 4.69) is 47.8 Å². The van der Waals surface area contributed by atoms with Crippen molar-refractivity contribution in [3.63, 3.8) is 0 Å². The highest BCUT2D eigenvalue weighted by atomic mass is 32.1. The molecule has 0 amide bonds. The van der Waals surface area contributed by atoms with Crippen LogP contribution in [0, 0.1) is 0 Å². The van der Waals surface area contributed by atoms with Gasteiger partial charge in [0, 0.05) is 29.5 Å². The van der Waals surface area contributed by atoms with Crippen molar-refractivity contribution in [2.45, 2.75) is 37.1 Å². The molecule has 2 aromatic rings. The summed E-state index contributed by atoms with van der Waals surface area (Å²) in [6, 6.07) is 15.3. The van der Waals surface area contributed by atoms with E-state index in [9.17, 15) is 0 Å². The molecule has 0 bridgehead atoms. The maximum atomic E-state index is 6.68. The number of ether oxygens (including phenoxy) is 1. The zero-order chi connectivity index (χ0) is 14.5. The summed E-state index contributed by atoms with van der Waals surface area (Å²) < 4.78 is 5.59. The first-order valence-corrected chi connectivity index (χ1v) is 8.60. The van der Waals surface area contributed by atoms with E-state index in [-0.39, 0.29) is 11.5 Å². The molecule has 1 saturated heterocycles. The second-order valence-corrected chi connectivity index (χ2v) is 6.89. The normalized spacial score (nSPS) is 19.3. The molecule has 3 rings (SSSR count). The lowest BCUT2D eigenvalue weighted by Gasteiger charge is -2.42. The third-order valence-electron chi connectivity index (χ3n) is 4.73. The third-order valence-corrected chi connectivity index (χ3v) is 5.66. The van der Waals surface area contributed by atoms with Crippen LogP contribution in [0.4, 0.5) is 0 Å². The van der Waals surface area contributed by atoms with Gasteiger partial charge in [0.25, 0.3) is 0 Å². The number of hydrogen-bond acceptors (Lipinski definition) is 3. The molecule has 1 aromatic carbocycles. The van der Waals surface area contributed by atoms with Crippen LogP contribution in [0.5, 0.6) is 0 Å². The molecule has 1 atom stereocenters. The summed E-state index contributed by atoms with van der Waals surface area (Å²) in [5, 5.41) is 2.14. The van der Waals surface area contributed by atoms with Crippen molar-refractivity contribution in [3.05, 3.63) is 58.3 Å². The SMILES string of the molecule is NC(CCc1cccs1)C1(c2ccccc2)CCOCC1. The summed E-state index contributed by atoms with van der Waals surface area (Å²) in [7, 11) is 0. The molecule has 2 heterocycles. The third kappa shape index (κ3) is 3.20. The van der Waals surface area contributed by atoms with Gasteiger partial charge in [-0.1, -0.05) is 36.4 Å². The fourth-order valence-corrected chi connectivity index (χ4v) is 4.13. The molecule has 1 fully saturated rings. The number of rotatable bonds is 5. The van der Waals surface area contributed by atoms with Crippen LogP contribution in [0.25, 0.3) is 0 Å². The molecule has 2 nitrogen and oxygen atoms in total. The van der Waals surface area contributed by atoms with Gasteiger partial charge >= 0.3 is 0 Å². The first-order chi connectivity index (χ1) is 10.3. The van der Waals surface area contributed by atoms with Gasteiger partial charge in [0.05, 0.1) is 0 Å². The van der Waals surface area contributed by atoms with E-state index >= 15 is 0 Å². The predicted octanol–water partition coefficient (Wildman–Crippen LogP) is 3.76. The minimum Gasteiger partial charge on any atom is -0.381 e. The Morgan fingerprint density at radius 3 is 2.52 bits per heavy atom. The topological polar surface area (TPSA) is 35.2 Å². The summed E-state index contributed by atoms with van der Waals surface area (Å²) >= 11 is 1.83. The monoisotopic (exact) mass is 301 g/mol. The molecule has 1 unspecified atom stereocenters. The molecule has 1 aromatic heterocycles. The molecule has 0 aliphatic carbocycles. The second kappa shape index (κ2) is 6.73. The Balaban J connectivity index is 1.78. The van der Waals surface area contributed by atoms with Gasteiger partial charge in [0.15, 0.2) is 0 Å². The minimum absolute atomic E-state index is 0.0801. The average molecular weight is 301 g/mol. The van der Waals surface area contributed by atoms with Gasteiger partial charge in [-0.2, -0.15) is 0 Å². The van der Waals surface area contributed by atoms with E-state index in [0.717, 1.165) is 38.9 Å². The lowest BCUT2D eigenvalue weighted by Crippen LogP contribution is -2.49. The molecule has 21 heavy (non-hydrogen) atoms. The Labute approximate surface area is 130 Å². The van der Waals surface area contributed by atoms with Crippen LogP contribution in [-0.4, -0.2) is 19.3 Å². The van der Waals surface area contributed by atoms with Crippen molar-refractivity contribution >= 4 is 11.3 Å². The Morgan fingerprint density at radius 2 is 1.86 bits per heavy atom. The second-order valence-electron chi connectivity index (χ2n) is 5.86. The van der Waals surface area contributed by atoms with Crippen molar-refractivity contribution in [1.82, 2.24) is 0 Å². The van der Waals surface area contributed by atoms with Gasteiger partial charge in [0.2, 0.25) is 0 Å². The van der Waals surface area contributed by atoms with Gasteiger partial charge in [0.1, 0.15) is 0 Å². The maximum Gasteiger partial charge on any atom is 0.0475 e. The number of nitrogens with two attached hydrogens (primary N) is 1. The van der Waals surface area contributed by atoms with E-state index in [0.29, 0.717) is 0 Å². The van der Waals surface area contributed by atoms with E-state index < -0.39 is 0 Å². The van der Waals surface area contributed by atoms with Gasteiger partial charge < -0.3 is 10.5 Å². The zero-order valence-corrected chi connectivity index (χ0v) is 13.1. The Bertz CT molecular complexity index is 532. The number of hydrogen-bond donors (Lipinski definition) is 1. The molecule has 1 aliphatic rings. The van der Waals surface area contributed by atoms with Gasteiger partial charge in [-0.25, -0.2) is 0 Å². The van der Waals surface area contributed by atoms with Gasteiger partial charge in [-0.15, -0.1) is 11.3 Å². The van der Waals surface area contributed by atoms with Crippen LogP contribution in [0.15, 0.2) is 47.8 Å². The van der Waals surface area contributed by atoms with Crippen molar-refractivity contribution < 1.29 is 4.74 Å². The maximum absolute atomic E-state index is 6.68. The number of benzene rings is 1.